The smallest absolute Gasteiger partial charge is 0.400 e. The zero-order valence-electron chi connectivity index (χ0n) is 18.2. The summed E-state index contributed by atoms with van der Waals surface area (Å²) in [7, 11) is 1.00. The Bertz CT molecular complexity index is 997. The van der Waals surface area contributed by atoms with Crippen molar-refractivity contribution in [3.63, 3.8) is 0 Å². The number of nitro groups is 1. The van der Waals surface area contributed by atoms with E-state index in [1.165, 1.54) is 28.0 Å². The van der Waals surface area contributed by atoms with Gasteiger partial charge in [-0.25, -0.2) is 0 Å². The van der Waals surface area contributed by atoms with Crippen LogP contribution in [0.4, 0.5) is 37.7 Å². The predicted molar refractivity (Wildman–Crippen MR) is 112 cm³/mol. The first-order valence-electron chi connectivity index (χ1n) is 9.95. The van der Waals surface area contributed by atoms with E-state index >= 15 is 0 Å². The summed E-state index contributed by atoms with van der Waals surface area (Å²) in [5.41, 5.74) is 9.24. The van der Waals surface area contributed by atoms with E-state index in [1.54, 1.807) is 18.2 Å². The minimum absolute atomic E-state index is 0.0855. The Balaban J connectivity index is 0.000000225. The van der Waals surface area contributed by atoms with Crippen molar-refractivity contribution in [3.05, 3.63) is 68.8 Å². The number of aliphatic hydroxyl groups is 1. The van der Waals surface area contributed by atoms with Gasteiger partial charge < -0.3 is 10.8 Å². The number of fused-ring (bicyclic) bond motifs is 2. The molecule has 188 valence electrons. The van der Waals surface area contributed by atoms with Crippen molar-refractivity contribution >= 4 is 11.4 Å². The number of non-ortho nitro benzene ring substituents is 1. The lowest BCUT2D eigenvalue weighted by Crippen LogP contribution is -2.29. The van der Waals surface area contributed by atoms with Gasteiger partial charge in [0.25, 0.3) is 5.69 Å². The van der Waals surface area contributed by atoms with Crippen molar-refractivity contribution in [1.82, 2.24) is 9.80 Å². The number of rotatable bonds is 3. The van der Waals surface area contributed by atoms with Gasteiger partial charge in [-0.2, -0.15) is 26.3 Å². The highest BCUT2D eigenvalue weighted by Gasteiger charge is 2.34. The first kappa shape index (κ1) is 27.3. The van der Waals surface area contributed by atoms with Crippen LogP contribution in [0.1, 0.15) is 22.3 Å². The third-order valence-electron chi connectivity index (χ3n) is 5.01. The average Bonchev–Trinajstić information content (AvgIpc) is 3.28. The lowest BCUT2D eigenvalue weighted by atomic mass is 10.1. The molecule has 4 rings (SSSR count). The van der Waals surface area contributed by atoms with Gasteiger partial charge in [-0.15, -0.1) is 0 Å². The number of nitrogens with two attached hydrogens (primary N) is 1. The number of benzene rings is 2. The van der Waals surface area contributed by atoms with E-state index in [9.17, 15) is 36.5 Å². The summed E-state index contributed by atoms with van der Waals surface area (Å²) >= 11 is 0. The Labute approximate surface area is 191 Å². The average molecular weight is 494 g/mol. The van der Waals surface area contributed by atoms with E-state index in [0.29, 0.717) is 24.3 Å². The quantitative estimate of drug-likeness (QED) is 0.287. The Kier molecular flexibility index (Phi) is 8.86. The van der Waals surface area contributed by atoms with Gasteiger partial charge >= 0.3 is 12.4 Å². The molecule has 34 heavy (non-hydrogen) atoms. The fourth-order valence-corrected chi connectivity index (χ4v) is 3.78. The van der Waals surface area contributed by atoms with E-state index < -0.39 is 30.4 Å². The maximum atomic E-state index is 12.2. The SMILES string of the molecule is CO.Nc1ccc2c(c1)CN(CC(F)(F)F)C2.O=[N+]([O-])c1ccc2c(c1)CN(CC(F)(F)F)C2. The van der Waals surface area contributed by atoms with Crippen LogP contribution < -0.4 is 5.73 Å². The molecular weight excluding hydrogens is 470 g/mol. The zero-order chi connectivity index (χ0) is 25.7. The van der Waals surface area contributed by atoms with Crippen molar-refractivity contribution < 1.29 is 36.4 Å². The molecule has 2 aliphatic rings. The van der Waals surface area contributed by atoms with Crippen molar-refractivity contribution in [3.8, 4) is 0 Å². The van der Waals surface area contributed by atoms with Gasteiger partial charge in [-0.05, 0) is 34.4 Å². The predicted octanol–water partition coefficient (Wildman–Crippen LogP) is 4.23. The van der Waals surface area contributed by atoms with Gasteiger partial charge in [0, 0.05) is 51.1 Å². The topological polar surface area (TPSA) is 95.9 Å². The lowest BCUT2D eigenvalue weighted by Gasteiger charge is -2.16. The molecule has 0 saturated heterocycles. The highest BCUT2D eigenvalue weighted by atomic mass is 19.4. The van der Waals surface area contributed by atoms with Crippen molar-refractivity contribution in [1.29, 1.82) is 0 Å². The molecule has 7 nitrogen and oxygen atoms in total. The molecule has 0 fully saturated rings. The van der Waals surface area contributed by atoms with Crippen LogP contribution >= 0.6 is 0 Å². The number of halogens is 6. The largest absolute Gasteiger partial charge is 0.401 e. The maximum Gasteiger partial charge on any atom is 0.401 e. The number of nitro benzene ring substituents is 1. The van der Waals surface area contributed by atoms with Crippen LogP contribution in [0, 0.1) is 10.1 Å². The minimum atomic E-state index is -4.24. The lowest BCUT2D eigenvalue weighted by molar-refractivity contribution is -0.384. The van der Waals surface area contributed by atoms with Gasteiger partial charge in [-0.1, -0.05) is 12.1 Å². The zero-order valence-corrected chi connectivity index (χ0v) is 18.2. The monoisotopic (exact) mass is 494 g/mol. The number of nitrogens with zero attached hydrogens (tertiary/aromatic N) is 3. The molecule has 0 aliphatic carbocycles. The molecule has 0 saturated carbocycles. The number of nitrogen functional groups attached to an aromatic ring is 1. The van der Waals surface area contributed by atoms with Gasteiger partial charge in [-0.3, -0.25) is 19.9 Å². The van der Waals surface area contributed by atoms with E-state index in [2.05, 4.69) is 0 Å². The molecule has 0 unspecified atom stereocenters. The van der Waals surface area contributed by atoms with Gasteiger partial charge in [0.05, 0.1) is 18.0 Å². The summed E-state index contributed by atoms with van der Waals surface area (Å²) in [5.74, 6) is 0. The molecule has 3 N–H and O–H groups in total. The molecular formula is C21H24F6N4O3. The van der Waals surface area contributed by atoms with Gasteiger partial charge in [0.1, 0.15) is 0 Å². The van der Waals surface area contributed by atoms with Crippen LogP contribution in [0.25, 0.3) is 0 Å². The number of anilines is 1. The molecule has 2 aromatic carbocycles. The van der Waals surface area contributed by atoms with Crippen LogP contribution in [-0.4, -0.2) is 52.4 Å². The second-order valence-corrected chi connectivity index (χ2v) is 7.76. The van der Waals surface area contributed by atoms with Crippen molar-refractivity contribution in [2.24, 2.45) is 0 Å². The molecule has 0 amide bonds. The van der Waals surface area contributed by atoms with Crippen LogP contribution in [0.2, 0.25) is 0 Å². The molecule has 0 radical (unpaired) electrons. The summed E-state index contributed by atoms with van der Waals surface area (Å²) < 4.78 is 73.0. The first-order chi connectivity index (χ1) is 15.8. The van der Waals surface area contributed by atoms with E-state index in [-0.39, 0.29) is 18.8 Å². The second kappa shape index (κ2) is 11.0. The summed E-state index contributed by atoms with van der Waals surface area (Å²) in [6.07, 6.45) is -8.37. The molecule has 2 aromatic rings. The molecule has 2 heterocycles. The van der Waals surface area contributed by atoms with E-state index in [1.807, 2.05) is 0 Å². The highest BCUT2D eigenvalue weighted by Crippen LogP contribution is 2.29. The van der Waals surface area contributed by atoms with Crippen LogP contribution in [0.15, 0.2) is 36.4 Å². The van der Waals surface area contributed by atoms with Gasteiger partial charge in [0.2, 0.25) is 0 Å². The minimum Gasteiger partial charge on any atom is -0.400 e. The molecule has 0 aromatic heterocycles. The third kappa shape index (κ3) is 8.15. The van der Waals surface area contributed by atoms with Crippen LogP contribution in [0.5, 0.6) is 0 Å². The summed E-state index contributed by atoms with van der Waals surface area (Å²) in [4.78, 5) is 12.6. The second-order valence-electron chi connectivity index (χ2n) is 7.76. The Morgan fingerprint density at radius 2 is 1.24 bits per heavy atom. The van der Waals surface area contributed by atoms with E-state index in [0.717, 1.165) is 23.8 Å². The number of hydrogen-bond acceptors (Lipinski definition) is 6. The Morgan fingerprint density at radius 1 is 0.824 bits per heavy atom. The molecule has 0 spiro atoms. The Hall–Kier alpha value is -2.90. The van der Waals surface area contributed by atoms with Crippen LogP contribution in [-0.2, 0) is 26.2 Å². The molecule has 2 aliphatic heterocycles. The maximum absolute atomic E-state index is 12.2. The highest BCUT2D eigenvalue weighted by molar-refractivity contribution is 5.46. The number of alkyl halides is 6. The summed E-state index contributed by atoms with van der Waals surface area (Å²) in [6, 6.07) is 9.42. The molecule has 0 bridgehead atoms. The summed E-state index contributed by atoms with van der Waals surface area (Å²) in [5, 5.41) is 17.5. The fraction of sp³-hybridized carbons (Fsp3) is 0.429. The van der Waals surface area contributed by atoms with Crippen molar-refractivity contribution in [2.45, 2.75) is 38.5 Å². The number of hydrogen-bond donors (Lipinski definition) is 2. The van der Waals surface area contributed by atoms with Gasteiger partial charge in [0.15, 0.2) is 0 Å². The Morgan fingerprint density at radius 3 is 1.68 bits per heavy atom. The molecule has 13 heteroatoms. The molecule has 0 atom stereocenters. The standard InChI is InChI=1S/C10H9F3N2O2.C10H11F3N2.CH4O/c11-10(12,13)6-14-4-7-1-2-9(15(16)17)3-8(7)5-14;11-10(12,13)6-15-4-7-1-2-9(14)3-8(7)5-15;1-2/h1-3H,4-6H2;1-3H,4-6,14H2;2H,1H3. The number of aliphatic hydroxyl groups excluding tert-OH is 1. The first-order valence-corrected chi connectivity index (χ1v) is 9.95. The fourth-order valence-electron chi connectivity index (χ4n) is 3.78. The third-order valence-corrected chi connectivity index (χ3v) is 5.01. The normalized spacial score (nSPS) is 15.5. The van der Waals surface area contributed by atoms with E-state index in [4.69, 9.17) is 10.8 Å². The summed E-state index contributed by atoms with van der Waals surface area (Å²) in [6.45, 7) is -0.866. The van der Waals surface area contributed by atoms with Crippen LogP contribution in [0.3, 0.4) is 0 Å². The van der Waals surface area contributed by atoms with Crippen molar-refractivity contribution in [2.75, 3.05) is 25.9 Å².